The summed E-state index contributed by atoms with van der Waals surface area (Å²) < 4.78 is 1.82. The molecule has 0 aliphatic carbocycles. The van der Waals surface area contributed by atoms with Gasteiger partial charge in [-0.05, 0) is 42.5 Å². The van der Waals surface area contributed by atoms with Crippen LogP contribution in [0.5, 0.6) is 0 Å². The van der Waals surface area contributed by atoms with Gasteiger partial charge in [0.05, 0.1) is 17.1 Å². The molecule has 3 aromatic rings. The van der Waals surface area contributed by atoms with Gasteiger partial charge in [-0.1, -0.05) is 78.2 Å². The number of carbonyl (C=O) groups is 1. The Kier molecular flexibility index (Phi) is 6.34. The molecule has 4 nitrogen and oxygen atoms in total. The Morgan fingerprint density at radius 3 is 2.14 bits per heavy atom. The third-order valence-corrected chi connectivity index (χ3v) is 7.90. The van der Waals surface area contributed by atoms with E-state index in [9.17, 15) is 4.79 Å². The van der Waals surface area contributed by atoms with Crippen LogP contribution in [0.25, 0.3) is 0 Å². The fourth-order valence-electron chi connectivity index (χ4n) is 3.24. The molecule has 7 heteroatoms. The van der Waals surface area contributed by atoms with Crippen molar-refractivity contribution in [3.8, 4) is 0 Å². The third-order valence-electron chi connectivity index (χ3n) is 4.51. The predicted octanol–water partition coefficient (Wildman–Crippen LogP) is 5.60. The summed E-state index contributed by atoms with van der Waals surface area (Å²) in [5.41, 5.74) is 4.42. The number of carbonyl (C=O) groups excluding carboxylic acids is 1. The lowest BCUT2D eigenvalue weighted by atomic mass is 10.0. The largest absolute Gasteiger partial charge is 0.280 e. The van der Waals surface area contributed by atoms with Crippen LogP contribution in [0.15, 0.2) is 57.2 Å². The zero-order valence-corrected chi connectivity index (χ0v) is 18.1. The van der Waals surface area contributed by atoms with E-state index in [1.165, 1.54) is 22.9 Å². The van der Waals surface area contributed by atoms with Gasteiger partial charge >= 0.3 is 0 Å². The molecule has 0 spiro atoms. The molecule has 0 saturated heterocycles. The average molecular weight is 428 g/mol. The molecule has 0 atom stereocenters. The molecule has 144 valence electrons. The Morgan fingerprint density at radius 1 is 0.964 bits per heavy atom. The summed E-state index contributed by atoms with van der Waals surface area (Å²) in [5.74, 6) is 1.46. The second-order valence-corrected chi connectivity index (χ2v) is 10.00. The van der Waals surface area contributed by atoms with Crippen molar-refractivity contribution >= 4 is 52.1 Å². The van der Waals surface area contributed by atoms with Crippen LogP contribution >= 0.6 is 34.9 Å². The molecular weight excluding hydrogens is 406 g/mol. The van der Waals surface area contributed by atoms with E-state index in [-0.39, 0.29) is 5.91 Å². The molecule has 1 aromatic heterocycles. The first-order valence-corrected chi connectivity index (χ1v) is 12.1. The van der Waals surface area contributed by atoms with E-state index in [2.05, 4.69) is 29.3 Å². The minimum absolute atomic E-state index is 0.0739. The number of para-hydroxylation sites is 2. The van der Waals surface area contributed by atoms with Gasteiger partial charge in [-0.3, -0.25) is 9.69 Å². The zero-order chi connectivity index (χ0) is 19.3. The Bertz CT molecular complexity index is 925. The molecule has 0 fully saturated rings. The van der Waals surface area contributed by atoms with Crippen LogP contribution in [0, 0.1) is 0 Å². The van der Waals surface area contributed by atoms with Crippen LogP contribution in [0.4, 0.5) is 11.4 Å². The van der Waals surface area contributed by atoms with E-state index < -0.39 is 0 Å². The van der Waals surface area contributed by atoms with Gasteiger partial charge in [0.25, 0.3) is 0 Å². The number of amides is 1. The van der Waals surface area contributed by atoms with Gasteiger partial charge in [0, 0.05) is 5.75 Å². The van der Waals surface area contributed by atoms with Gasteiger partial charge in [0.1, 0.15) is 0 Å². The first kappa shape index (κ1) is 19.5. The number of anilines is 2. The van der Waals surface area contributed by atoms with Gasteiger partial charge in [-0.2, -0.15) is 0 Å². The van der Waals surface area contributed by atoms with Gasteiger partial charge in [-0.25, -0.2) is 0 Å². The lowest BCUT2D eigenvalue weighted by molar-refractivity contribution is -0.115. The van der Waals surface area contributed by atoms with Crippen LogP contribution in [-0.2, 0) is 17.6 Å². The summed E-state index contributed by atoms with van der Waals surface area (Å²) in [6.07, 6.45) is 3.00. The number of fused-ring (bicyclic) bond motifs is 2. The molecule has 0 N–H and O–H groups in total. The van der Waals surface area contributed by atoms with Gasteiger partial charge in [0.15, 0.2) is 8.68 Å². The molecule has 0 unspecified atom stereocenters. The highest BCUT2D eigenvalue weighted by Gasteiger charge is 2.25. The van der Waals surface area contributed by atoms with Crippen molar-refractivity contribution in [3.63, 3.8) is 0 Å². The van der Waals surface area contributed by atoms with Crippen LogP contribution in [0.2, 0.25) is 0 Å². The van der Waals surface area contributed by atoms with E-state index in [1.54, 1.807) is 23.1 Å². The van der Waals surface area contributed by atoms with Gasteiger partial charge in [0.2, 0.25) is 5.91 Å². The van der Waals surface area contributed by atoms with Gasteiger partial charge in [-0.15, -0.1) is 10.2 Å². The first-order chi connectivity index (χ1) is 13.8. The smallest absolute Gasteiger partial charge is 0.242 e. The predicted molar refractivity (Wildman–Crippen MR) is 119 cm³/mol. The minimum atomic E-state index is 0.0739. The second-order valence-electron chi connectivity index (χ2n) is 6.46. The van der Waals surface area contributed by atoms with Crippen molar-refractivity contribution in [3.05, 3.63) is 59.7 Å². The summed E-state index contributed by atoms with van der Waals surface area (Å²) in [6.45, 7) is 2.15. The van der Waals surface area contributed by atoms with E-state index in [0.29, 0.717) is 5.75 Å². The van der Waals surface area contributed by atoms with E-state index >= 15 is 0 Å². The van der Waals surface area contributed by atoms with Crippen molar-refractivity contribution in [1.82, 2.24) is 10.2 Å². The summed E-state index contributed by atoms with van der Waals surface area (Å²) >= 11 is 4.77. The van der Waals surface area contributed by atoms with Crippen molar-refractivity contribution < 1.29 is 4.79 Å². The molecule has 1 aliphatic rings. The summed E-state index contributed by atoms with van der Waals surface area (Å²) in [6, 6.07) is 16.4. The maximum Gasteiger partial charge on any atom is 0.242 e. The molecule has 0 bridgehead atoms. The number of rotatable bonds is 6. The number of hydrogen-bond acceptors (Lipinski definition) is 6. The average Bonchev–Trinajstić information content (AvgIpc) is 3.11. The van der Waals surface area contributed by atoms with Gasteiger partial charge < -0.3 is 0 Å². The minimum Gasteiger partial charge on any atom is -0.280 e. The Morgan fingerprint density at radius 2 is 1.54 bits per heavy atom. The first-order valence-electron chi connectivity index (χ1n) is 9.34. The van der Waals surface area contributed by atoms with E-state index in [4.69, 9.17) is 0 Å². The van der Waals surface area contributed by atoms with E-state index in [1.807, 2.05) is 41.3 Å². The van der Waals surface area contributed by atoms with Crippen LogP contribution < -0.4 is 4.90 Å². The van der Waals surface area contributed by atoms with Crippen molar-refractivity contribution in [1.29, 1.82) is 0 Å². The molecular formula is C21H21N3OS3. The molecule has 1 amide bonds. The highest BCUT2D eigenvalue weighted by Crippen LogP contribution is 2.37. The van der Waals surface area contributed by atoms with Crippen molar-refractivity contribution in [2.45, 2.75) is 34.9 Å². The lowest BCUT2D eigenvalue weighted by Crippen LogP contribution is -2.28. The highest BCUT2D eigenvalue weighted by molar-refractivity contribution is 8.03. The standard InChI is InChI=1S/C21H21N3OS3/c1-2-13-26-20-22-23-21(28-20)27-14-19(25)24-17-9-5-3-7-15(17)11-12-16-8-4-6-10-18(16)24/h3-10H,2,11-14H2,1H3. The third kappa shape index (κ3) is 4.26. The Labute approximate surface area is 177 Å². The SMILES string of the molecule is CCCSc1nnc(SCC(=O)N2c3ccccc3CCc3ccccc32)s1. The molecule has 1 aliphatic heterocycles. The number of thioether (sulfide) groups is 2. The van der Waals surface area contributed by atoms with Crippen LogP contribution in [-0.4, -0.2) is 27.6 Å². The van der Waals surface area contributed by atoms with Crippen molar-refractivity contribution in [2.75, 3.05) is 16.4 Å². The maximum absolute atomic E-state index is 13.3. The molecule has 0 radical (unpaired) electrons. The quantitative estimate of drug-likeness (QED) is 0.480. The molecule has 2 aromatic carbocycles. The van der Waals surface area contributed by atoms with E-state index in [0.717, 1.165) is 45.1 Å². The molecule has 28 heavy (non-hydrogen) atoms. The van der Waals surface area contributed by atoms with Crippen LogP contribution in [0.1, 0.15) is 24.5 Å². The Hall–Kier alpha value is -1.83. The molecule has 2 heterocycles. The lowest BCUT2D eigenvalue weighted by Gasteiger charge is -2.24. The fourth-order valence-corrected chi connectivity index (χ4v) is 6.03. The zero-order valence-electron chi connectivity index (χ0n) is 15.6. The Balaban J connectivity index is 1.56. The number of aromatic nitrogens is 2. The topological polar surface area (TPSA) is 46.1 Å². The summed E-state index contributed by atoms with van der Waals surface area (Å²) in [7, 11) is 0. The number of nitrogens with zero attached hydrogens (tertiary/aromatic N) is 3. The number of hydrogen-bond donors (Lipinski definition) is 0. The summed E-state index contributed by atoms with van der Waals surface area (Å²) in [5, 5.41) is 8.45. The maximum atomic E-state index is 13.3. The fraction of sp³-hybridized carbons (Fsp3) is 0.286. The number of aryl methyl sites for hydroxylation is 2. The molecule has 0 saturated carbocycles. The van der Waals surface area contributed by atoms with Crippen LogP contribution in [0.3, 0.4) is 0 Å². The summed E-state index contributed by atoms with van der Waals surface area (Å²) in [4.78, 5) is 15.2. The number of benzene rings is 2. The monoisotopic (exact) mass is 427 g/mol. The molecule has 4 rings (SSSR count). The highest BCUT2D eigenvalue weighted by atomic mass is 32.2. The second kappa shape index (κ2) is 9.11. The normalized spacial score (nSPS) is 13.0. The van der Waals surface area contributed by atoms with Crippen molar-refractivity contribution in [2.24, 2.45) is 0 Å².